The lowest BCUT2D eigenvalue weighted by molar-refractivity contribution is 0.201. The third-order valence-electron chi connectivity index (χ3n) is 2.97. The van der Waals surface area contributed by atoms with E-state index in [1.165, 1.54) is 5.56 Å². The predicted octanol–water partition coefficient (Wildman–Crippen LogP) is 3.97. The lowest BCUT2D eigenvalue weighted by atomic mass is 9.72. The lowest BCUT2D eigenvalue weighted by Crippen LogP contribution is -2.24. The van der Waals surface area contributed by atoms with Crippen LogP contribution in [-0.4, -0.2) is 23.8 Å². The van der Waals surface area contributed by atoms with Gasteiger partial charge in [-0.3, -0.25) is 0 Å². The Bertz CT molecular complexity index is 361. The Hall–Kier alpha value is -1.06. The van der Waals surface area contributed by atoms with E-state index < -0.39 is 0 Å². The van der Waals surface area contributed by atoms with E-state index >= 15 is 0 Å². The summed E-state index contributed by atoms with van der Waals surface area (Å²) in [6, 6.07) is 8.21. The Morgan fingerprint density at radius 1 is 0.952 bits per heavy atom. The van der Waals surface area contributed by atoms with Crippen molar-refractivity contribution in [1.82, 2.24) is 0 Å². The predicted molar refractivity (Wildman–Crippen MR) is 91.1 cm³/mol. The average Bonchev–Trinajstić information content (AvgIpc) is 2.36. The van der Waals surface area contributed by atoms with Crippen LogP contribution in [0.4, 0.5) is 0 Å². The zero-order valence-corrected chi connectivity index (χ0v) is 14.8. The summed E-state index contributed by atoms with van der Waals surface area (Å²) in [7, 11) is 0. The van der Waals surface area contributed by atoms with E-state index in [9.17, 15) is 0 Å². The van der Waals surface area contributed by atoms with Crippen LogP contribution in [-0.2, 0) is 5.41 Å². The monoisotopic (exact) mass is 298 g/mol. The van der Waals surface area contributed by atoms with E-state index in [-0.39, 0.29) is 17.5 Å². The van der Waals surface area contributed by atoms with Crippen LogP contribution >= 0.6 is 0 Å². The Labute approximate surface area is 130 Å². The van der Waals surface area contributed by atoms with E-state index in [1.807, 2.05) is 26.0 Å². The van der Waals surface area contributed by atoms with Gasteiger partial charge in [0.05, 0.1) is 6.61 Å². The fraction of sp³-hybridized carbons (Fsp3) is 0.667. The van der Waals surface area contributed by atoms with Gasteiger partial charge >= 0.3 is 0 Å². The summed E-state index contributed by atoms with van der Waals surface area (Å²) in [4.78, 5) is 0. The molecule has 0 amide bonds. The second-order valence-corrected chi connectivity index (χ2v) is 6.72. The molecular formula is C18H34O3. The van der Waals surface area contributed by atoms with Crippen LogP contribution in [0.5, 0.6) is 5.75 Å². The Morgan fingerprint density at radius 2 is 1.43 bits per heavy atom. The van der Waals surface area contributed by atoms with Gasteiger partial charge in [-0.2, -0.15) is 0 Å². The van der Waals surface area contributed by atoms with Crippen LogP contribution < -0.4 is 4.74 Å². The molecule has 1 rings (SSSR count). The minimum Gasteiger partial charge on any atom is -0.491 e. The van der Waals surface area contributed by atoms with Crippen LogP contribution in [0.3, 0.4) is 0 Å². The lowest BCUT2D eigenvalue weighted by Gasteiger charge is -2.33. The number of ether oxygens (including phenoxy) is 1. The molecule has 124 valence electrons. The number of aliphatic hydroxyl groups is 1. The molecule has 0 aliphatic heterocycles. The van der Waals surface area contributed by atoms with E-state index in [1.54, 1.807) is 0 Å². The molecule has 0 spiro atoms. The molecule has 0 aliphatic rings. The average molecular weight is 298 g/mol. The van der Waals surface area contributed by atoms with Crippen molar-refractivity contribution in [1.29, 1.82) is 0 Å². The first-order valence-electron chi connectivity index (χ1n) is 7.59. The molecule has 0 radical (unpaired) electrons. The van der Waals surface area contributed by atoms with Gasteiger partial charge in [0.15, 0.2) is 0 Å². The molecule has 0 heterocycles. The number of benzene rings is 1. The summed E-state index contributed by atoms with van der Waals surface area (Å²) in [5.41, 5.74) is 1.80. The molecule has 0 bridgehead atoms. The highest BCUT2D eigenvalue weighted by molar-refractivity contribution is 5.31. The van der Waals surface area contributed by atoms with Gasteiger partial charge in [-0.1, -0.05) is 60.6 Å². The fourth-order valence-corrected chi connectivity index (χ4v) is 2.59. The van der Waals surface area contributed by atoms with Crippen LogP contribution in [0.1, 0.15) is 60.5 Å². The molecule has 0 fully saturated rings. The van der Waals surface area contributed by atoms with E-state index in [0.717, 1.165) is 12.2 Å². The second kappa shape index (κ2) is 9.80. The molecular weight excluding hydrogens is 264 g/mol. The molecule has 1 aromatic carbocycles. The van der Waals surface area contributed by atoms with Gasteiger partial charge in [0.1, 0.15) is 12.4 Å². The first kappa shape index (κ1) is 22.2. The van der Waals surface area contributed by atoms with Crippen LogP contribution in [0.15, 0.2) is 24.3 Å². The maximum absolute atomic E-state index is 8.71. The normalized spacial score (nSPS) is 11.0. The number of aliphatic hydroxyl groups excluding tert-OH is 1. The standard InChI is InChI=1S/C16H26O2.C2H6.H2O/c1-15(2,3)12-16(4,5)13-6-8-14(9-7-13)18-11-10-17;1-2;/h6-9,17H,10-12H2,1-5H3;1-2H3;1H2. The van der Waals surface area contributed by atoms with Gasteiger partial charge in [-0.25, -0.2) is 0 Å². The third kappa shape index (κ3) is 8.74. The number of hydrogen-bond acceptors (Lipinski definition) is 2. The van der Waals surface area contributed by atoms with E-state index in [0.29, 0.717) is 12.0 Å². The van der Waals surface area contributed by atoms with Crippen molar-refractivity contribution in [2.45, 2.75) is 60.3 Å². The first-order valence-corrected chi connectivity index (χ1v) is 7.59. The molecule has 0 aromatic heterocycles. The molecule has 0 saturated heterocycles. The van der Waals surface area contributed by atoms with Gasteiger partial charge < -0.3 is 15.3 Å². The molecule has 0 aliphatic carbocycles. The van der Waals surface area contributed by atoms with Gasteiger partial charge in [-0.05, 0) is 34.9 Å². The third-order valence-corrected chi connectivity index (χ3v) is 2.97. The topological polar surface area (TPSA) is 61.0 Å². The largest absolute Gasteiger partial charge is 0.491 e. The van der Waals surface area contributed by atoms with Gasteiger partial charge in [0, 0.05) is 0 Å². The molecule has 1 aromatic rings. The fourth-order valence-electron chi connectivity index (χ4n) is 2.59. The maximum atomic E-state index is 8.71. The maximum Gasteiger partial charge on any atom is 0.119 e. The minimum atomic E-state index is 0. The highest BCUT2D eigenvalue weighted by Gasteiger charge is 2.27. The zero-order valence-electron chi connectivity index (χ0n) is 14.8. The second-order valence-electron chi connectivity index (χ2n) is 6.72. The Balaban J connectivity index is 0. The van der Waals surface area contributed by atoms with Crippen LogP contribution in [0.25, 0.3) is 0 Å². The van der Waals surface area contributed by atoms with E-state index in [2.05, 4.69) is 46.8 Å². The van der Waals surface area contributed by atoms with Crippen LogP contribution in [0.2, 0.25) is 0 Å². The zero-order chi connectivity index (χ0) is 15.8. The number of hydrogen-bond donors (Lipinski definition) is 1. The summed E-state index contributed by atoms with van der Waals surface area (Å²) in [6.07, 6.45) is 1.14. The quantitative estimate of drug-likeness (QED) is 0.894. The summed E-state index contributed by atoms with van der Waals surface area (Å²) in [5, 5.41) is 8.71. The molecule has 3 heteroatoms. The van der Waals surface area contributed by atoms with Crippen molar-refractivity contribution in [2.75, 3.05) is 13.2 Å². The van der Waals surface area contributed by atoms with Crippen molar-refractivity contribution < 1.29 is 15.3 Å². The molecule has 3 N–H and O–H groups in total. The summed E-state index contributed by atoms with van der Waals surface area (Å²) >= 11 is 0. The number of rotatable bonds is 5. The summed E-state index contributed by atoms with van der Waals surface area (Å²) < 4.78 is 5.37. The summed E-state index contributed by atoms with van der Waals surface area (Å²) in [6.45, 7) is 15.8. The van der Waals surface area contributed by atoms with Crippen molar-refractivity contribution in [3.8, 4) is 5.75 Å². The smallest absolute Gasteiger partial charge is 0.119 e. The SMILES string of the molecule is CC.CC(C)(C)CC(C)(C)c1ccc(OCCO)cc1.O. The minimum absolute atomic E-state index is 0. The first-order chi connectivity index (χ1) is 9.24. The van der Waals surface area contributed by atoms with Gasteiger partial charge in [-0.15, -0.1) is 0 Å². The molecule has 0 unspecified atom stereocenters. The Kier molecular flexibility index (Phi) is 10.4. The Morgan fingerprint density at radius 3 is 1.81 bits per heavy atom. The molecule has 21 heavy (non-hydrogen) atoms. The van der Waals surface area contributed by atoms with E-state index in [4.69, 9.17) is 9.84 Å². The molecule has 0 saturated carbocycles. The van der Waals surface area contributed by atoms with Crippen molar-refractivity contribution >= 4 is 0 Å². The molecule has 3 nitrogen and oxygen atoms in total. The van der Waals surface area contributed by atoms with Crippen molar-refractivity contribution in [3.63, 3.8) is 0 Å². The highest BCUT2D eigenvalue weighted by Crippen LogP contribution is 2.36. The van der Waals surface area contributed by atoms with Crippen molar-refractivity contribution in [2.24, 2.45) is 5.41 Å². The summed E-state index contributed by atoms with van der Waals surface area (Å²) in [5.74, 6) is 0.819. The highest BCUT2D eigenvalue weighted by atomic mass is 16.5. The van der Waals surface area contributed by atoms with Gasteiger partial charge in [0.2, 0.25) is 0 Å². The van der Waals surface area contributed by atoms with Crippen LogP contribution in [0, 0.1) is 5.41 Å². The van der Waals surface area contributed by atoms with Gasteiger partial charge in [0.25, 0.3) is 0 Å². The molecule has 0 atom stereocenters. The van der Waals surface area contributed by atoms with Crippen molar-refractivity contribution in [3.05, 3.63) is 29.8 Å².